The Balaban J connectivity index is 1.47. The molecule has 0 unspecified atom stereocenters. The number of nitrogens with one attached hydrogen (secondary N) is 2. The molecular formula is C16H14F3N3OS. The first-order chi connectivity index (χ1) is 11.5. The third-order valence-electron chi connectivity index (χ3n) is 3.98. The first-order valence-corrected chi connectivity index (χ1v) is 8.37. The number of aromatic nitrogens is 2. The van der Waals surface area contributed by atoms with Gasteiger partial charge < -0.3 is 14.2 Å². The van der Waals surface area contributed by atoms with Crippen molar-refractivity contribution in [2.45, 2.75) is 30.3 Å². The molecule has 0 atom stereocenters. The third-order valence-corrected chi connectivity index (χ3v) is 4.85. The molecule has 2 heterocycles. The van der Waals surface area contributed by atoms with Crippen LogP contribution in [0.2, 0.25) is 0 Å². The van der Waals surface area contributed by atoms with E-state index in [0.29, 0.717) is 11.3 Å². The fourth-order valence-electron chi connectivity index (χ4n) is 2.53. The molecule has 3 aromatic rings. The number of H-pyrrole nitrogens is 1. The van der Waals surface area contributed by atoms with Crippen molar-refractivity contribution in [1.82, 2.24) is 10.1 Å². The van der Waals surface area contributed by atoms with E-state index in [-0.39, 0.29) is 0 Å². The number of nitrogens with zero attached hydrogens (tertiary/aromatic N) is 1. The highest BCUT2D eigenvalue weighted by Gasteiger charge is 2.30. The van der Waals surface area contributed by atoms with Gasteiger partial charge in [0.2, 0.25) is 0 Å². The van der Waals surface area contributed by atoms with Crippen LogP contribution in [-0.4, -0.2) is 10.1 Å². The van der Waals surface area contributed by atoms with Crippen LogP contribution in [0.1, 0.15) is 24.2 Å². The summed E-state index contributed by atoms with van der Waals surface area (Å²) in [5, 5.41) is 4.68. The standard InChI is InChI=1S/C16H14F3N3OS/c17-16(18,19)10-3-4-12-13(6-10)20-8-14(12)24-22-15-7-11(23-21-15)5-9-1-2-9/h3-4,6-9,20H,1-2,5H2,(H,21,22). The van der Waals surface area contributed by atoms with E-state index in [4.69, 9.17) is 4.52 Å². The Labute approximate surface area is 139 Å². The van der Waals surface area contributed by atoms with Gasteiger partial charge in [0.1, 0.15) is 5.76 Å². The molecule has 1 aliphatic carbocycles. The lowest BCUT2D eigenvalue weighted by molar-refractivity contribution is -0.137. The van der Waals surface area contributed by atoms with Gasteiger partial charge >= 0.3 is 6.18 Å². The van der Waals surface area contributed by atoms with Gasteiger partial charge in [-0.05, 0) is 42.8 Å². The summed E-state index contributed by atoms with van der Waals surface area (Å²) < 4.78 is 46.6. The average Bonchev–Trinajstić information content (AvgIpc) is 3.08. The van der Waals surface area contributed by atoms with Crippen LogP contribution in [0.3, 0.4) is 0 Å². The molecule has 0 saturated heterocycles. The van der Waals surface area contributed by atoms with Crippen LogP contribution in [0, 0.1) is 5.92 Å². The maximum Gasteiger partial charge on any atom is 0.416 e. The number of fused-ring (bicyclic) bond motifs is 1. The minimum Gasteiger partial charge on any atom is -0.360 e. The Morgan fingerprint density at radius 3 is 2.88 bits per heavy atom. The van der Waals surface area contributed by atoms with Crippen molar-refractivity contribution in [2.24, 2.45) is 5.92 Å². The SMILES string of the molecule is FC(F)(F)c1ccc2c(SNc3cc(CC4CC4)on3)c[nH]c2c1. The predicted octanol–water partition coefficient (Wildman–Crippen LogP) is 5.25. The number of anilines is 1. The van der Waals surface area contributed by atoms with Gasteiger partial charge in [-0.1, -0.05) is 11.2 Å². The van der Waals surface area contributed by atoms with Crippen molar-refractivity contribution >= 4 is 28.7 Å². The van der Waals surface area contributed by atoms with E-state index in [1.54, 1.807) is 6.20 Å². The molecule has 1 fully saturated rings. The van der Waals surface area contributed by atoms with Gasteiger partial charge in [0, 0.05) is 29.6 Å². The van der Waals surface area contributed by atoms with Crippen molar-refractivity contribution in [2.75, 3.05) is 4.72 Å². The van der Waals surface area contributed by atoms with Crippen LogP contribution >= 0.6 is 11.9 Å². The van der Waals surface area contributed by atoms with E-state index in [2.05, 4.69) is 14.9 Å². The average molecular weight is 353 g/mol. The molecule has 0 spiro atoms. The van der Waals surface area contributed by atoms with Crippen molar-refractivity contribution in [3.8, 4) is 0 Å². The van der Waals surface area contributed by atoms with Gasteiger partial charge in [-0.2, -0.15) is 13.2 Å². The Morgan fingerprint density at radius 2 is 2.12 bits per heavy atom. The smallest absolute Gasteiger partial charge is 0.360 e. The second kappa shape index (κ2) is 5.77. The van der Waals surface area contributed by atoms with Crippen molar-refractivity contribution in [3.63, 3.8) is 0 Å². The molecule has 0 aliphatic heterocycles. The number of rotatable bonds is 5. The number of alkyl halides is 3. The Bertz CT molecular complexity index is 867. The largest absolute Gasteiger partial charge is 0.416 e. The molecule has 4 nitrogen and oxygen atoms in total. The summed E-state index contributed by atoms with van der Waals surface area (Å²) in [6.07, 6.45) is 0.727. The topological polar surface area (TPSA) is 53.9 Å². The van der Waals surface area contributed by atoms with E-state index in [1.165, 1.54) is 30.9 Å². The van der Waals surface area contributed by atoms with Crippen LogP contribution in [0.5, 0.6) is 0 Å². The molecule has 8 heteroatoms. The highest BCUT2D eigenvalue weighted by atomic mass is 32.2. The maximum absolute atomic E-state index is 12.7. The zero-order valence-corrected chi connectivity index (χ0v) is 13.3. The molecule has 126 valence electrons. The molecule has 0 radical (unpaired) electrons. The van der Waals surface area contributed by atoms with Gasteiger partial charge in [0.05, 0.1) is 10.5 Å². The lowest BCUT2D eigenvalue weighted by Crippen LogP contribution is -2.04. The van der Waals surface area contributed by atoms with Crippen LogP contribution in [-0.2, 0) is 12.6 Å². The Hall–Kier alpha value is -2.09. The quantitative estimate of drug-likeness (QED) is 0.616. The van der Waals surface area contributed by atoms with Crippen molar-refractivity contribution < 1.29 is 17.7 Å². The maximum atomic E-state index is 12.7. The molecule has 2 aromatic heterocycles. The molecule has 24 heavy (non-hydrogen) atoms. The summed E-state index contributed by atoms with van der Waals surface area (Å²) >= 11 is 1.29. The molecular weight excluding hydrogens is 339 g/mol. The number of halogens is 3. The molecule has 4 rings (SSSR count). The summed E-state index contributed by atoms with van der Waals surface area (Å²) in [7, 11) is 0. The van der Waals surface area contributed by atoms with Gasteiger partial charge in [-0.25, -0.2) is 0 Å². The minimum absolute atomic E-state index is 0.448. The normalized spacial score (nSPS) is 15.1. The van der Waals surface area contributed by atoms with Crippen LogP contribution in [0.25, 0.3) is 10.9 Å². The molecule has 1 saturated carbocycles. The monoisotopic (exact) mass is 353 g/mol. The van der Waals surface area contributed by atoms with E-state index < -0.39 is 11.7 Å². The highest BCUT2D eigenvalue weighted by Crippen LogP contribution is 2.35. The number of hydrogen-bond acceptors (Lipinski definition) is 4. The molecule has 1 aliphatic rings. The van der Waals surface area contributed by atoms with Gasteiger partial charge in [0.25, 0.3) is 0 Å². The van der Waals surface area contributed by atoms with Crippen molar-refractivity contribution in [3.05, 3.63) is 41.8 Å². The lowest BCUT2D eigenvalue weighted by atomic mass is 10.1. The zero-order chi connectivity index (χ0) is 16.7. The summed E-state index contributed by atoms with van der Waals surface area (Å²) in [5.41, 5.74) is -0.216. The summed E-state index contributed by atoms with van der Waals surface area (Å²) in [6, 6.07) is 5.54. The summed E-state index contributed by atoms with van der Waals surface area (Å²) in [5.74, 6) is 2.18. The predicted molar refractivity (Wildman–Crippen MR) is 85.7 cm³/mol. The van der Waals surface area contributed by atoms with Crippen LogP contribution in [0.4, 0.5) is 19.0 Å². The molecule has 0 amide bonds. The Morgan fingerprint density at radius 1 is 1.29 bits per heavy atom. The second-order valence-electron chi connectivity index (χ2n) is 5.94. The first kappa shape index (κ1) is 15.4. The third kappa shape index (κ3) is 3.24. The molecule has 2 N–H and O–H groups in total. The zero-order valence-electron chi connectivity index (χ0n) is 12.5. The first-order valence-electron chi connectivity index (χ1n) is 7.56. The lowest BCUT2D eigenvalue weighted by Gasteiger charge is -2.06. The van der Waals surface area contributed by atoms with E-state index in [9.17, 15) is 13.2 Å². The van der Waals surface area contributed by atoms with Gasteiger partial charge in [0.15, 0.2) is 5.82 Å². The van der Waals surface area contributed by atoms with Crippen molar-refractivity contribution in [1.29, 1.82) is 0 Å². The van der Waals surface area contributed by atoms with E-state index in [0.717, 1.165) is 40.5 Å². The van der Waals surface area contributed by atoms with E-state index >= 15 is 0 Å². The number of hydrogen-bond donors (Lipinski definition) is 2. The summed E-state index contributed by atoms with van der Waals surface area (Å²) in [6.45, 7) is 0. The number of benzene rings is 1. The minimum atomic E-state index is -4.34. The fourth-order valence-corrected chi connectivity index (χ4v) is 3.25. The second-order valence-corrected chi connectivity index (χ2v) is 6.79. The van der Waals surface area contributed by atoms with E-state index in [1.807, 2.05) is 6.07 Å². The summed E-state index contributed by atoms with van der Waals surface area (Å²) in [4.78, 5) is 3.67. The van der Waals surface area contributed by atoms with Crippen LogP contribution < -0.4 is 4.72 Å². The van der Waals surface area contributed by atoms with Gasteiger partial charge in [-0.3, -0.25) is 0 Å². The molecule has 0 bridgehead atoms. The highest BCUT2D eigenvalue weighted by molar-refractivity contribution is 8.00. The molecule has 1 aromatic carbocycles. The van der Waals surface area contributed by atoms with Gasteiger partial charge in [-0.15, -0.1) is 0 Å². The Kier molecular flexibility index (Phi) is 3.71. The fraction of sp³-hybridized carbons (Fsp3) is 0.312. The van der Waals surface area contributed by atoms with Crippen LogP contribution in [0.15, 0.2) is 39.9 Å². The number of aromatic amines is 1.